The summed E-state index contributed by atoms with van der Waals surface area (Å²) < 4.78 is 69.7. The monoisotopic (exact) mass is 321 g/mol. The van der Waals surface area contributed by atoms with Crippen LogP contribution in [0.3, 0.4) is 0 Å². The zero-order chi connectivity index (χ0) is 15.3. The van der Waals surface area contributed by atoms with Crippen molar-refractivity contribution in [3.05, 3.63) is 24.3 Å². The van der Waals surface area contributed by atoms with Gasteiger partial charge in [-0.15, -0.1) is 0 Å². The molecule has 8 heteroatoms. The minimum atomic E-state index is -4.57. The maximum Gasteiger partial charge on any atom is 0.407 e. The number of rotatable bonds is 5. The van der Waals surface area contributed by atoms with E-state index in [2.05, 4.69) is 0 Å². The lowest BCUT2D eigenvalue weighted by Crippen LogP contribution is -2.47. The van der Waals surface area contributed by atoms with Crippen molar-refractivity contribution in [1.29, 1.82) is 0 Å². The normalized spacial score (nSPS) is 21.1. The van der Waals surface area contributed by atoms with Gasteiger partial charge in [-0.2, -0.15) is 17.9 Å². The van der Waals surface area contributed by atoms with E-state index in [4.69, 9.17) is 4.74 Å². The minimum absolute atomic E-state index is 0.172. The summed E-state index contributed by atoms with van der Waals surface area (Å²) in [4.78, 5) is -0.193. The van der Waals surface area contributed by atoms with Gasteiger partial charge >= 0.3 is 6.18 Å². The van der Waals surface area contributed by atoms with Crippen molar-refractivity contribution in [3.63, 3.8) is 0 Å². The second-order valence-electron chi connectivity index (χ2n) is 5.47. The van der Waals surface area contributed by atoms with Crippen molar-refractivity contribution in [1.82, 2.24) is 4.72 Å². The molecule has 1 aromatic rings. The van der Waals surface area contributed by atoms with E-state index in [0.717, 1.165) is 12.8 Å². The highest BCUT2D eigenvalue weighted by atomic mass is 32.2. The molecular weight excluding hydrogens is 307 g/mol. The molecule has 4 nitrogen and oxygen atoms in total. The number of halogens is 3. The van der Waals surface area contributed by atoms with E-state index in [1.165, 1.54) is 24.3 Å². The number of ether oxygens (including phenoxy) is 1. The molecule has 1 N–H and O–H groups in total. The van der Waals surface area contributed by atoms with Gasteiger partial charge in [0.05, 0.1) is 11.0 Å². The van der Waals surface area contributed by atoms with E-state index in [1.807, 2.05) is 0 Å². The molecule has 0 amide bonds. The molecule has 2 saturated carbocycles. The van der Waals surface area contributed by atoms with Crippen LogP contribution < -0.4 is 9.46 Å². The summed E-state index contributed by atoms with van der Waals surface area (Å²) in [5.74, 6) is 0.522. The average Bonchev–Trinajstić information content (AvgIpc) is 3.25. The summed E-state index contributed by atoms with van der Waals surface area (Å²) in [5, 5.41) is 0. The van der Waals surface area contributed by atoms with Crippen LogP contribution >= 0.6 is 0 Å². The number of alkyl halides is 3. The zero-order valence-corrected chi connectivity index (χ0v) is 11.8. The van der Waals surface area contributed by atoms with Gasteiger partial charge in [-0.3, -0.25) is 0 Å². The van der Waals surface area contributed by atoms with E-state index in [1.54, 1.807) is 4.72 Å². The van der Waals surface area contributed by atoms with Crippen LogP contribution in [0.4, 0.5) is 13.2 Å². The first-order valence-corrected chi connectivity index (χ1v) is 8.08. The Bertz CT molecular complexity index is 632. The Morgan fingerprint density at radius 3 is 2.14 bits per heavy atom. The van der Waals surface area contributed by atoms with Gasteiger partial charge in [0.1, 0.15) is 11.3 Å². The minimum Gasteiger partial charge on any atom is -0.490 e. The molecule has 116 valence electrons. The Morgan fingerprint density at radius 2 is 1.71 bits per heavy atom. The Kier molecular flexibility index (Phi) is 3.21. The van der Waals surface area contributed by atoms with Crippen LogP contribution in [-0.2, 0) is 10.0 Å². The molecule has 0 atom stereocenters. The van der Waals surface area contributed by atoms with Gasteiger partial charge < -0.3 is 4.74 Å². The lowest BCUT2D eigenvalue weighted by atomic mass is 10.3. The maximum atomic E-state index is 12.8. The maximum absolute atomic E-state index is 12.8. The Labute approximate surface area is 120 Å². The molecule has 21 heavy (non-hydrogen) atoms. The molecule has 0 heterocycles. The summed E-state index contributed by atoms with van der Waals surface area (Å²) >= 11 is 0. The van der Waals surface area contributed by atoms with Crippen LogP contribution in [0.1, 0.15) is 25.7 Å². The van der Waals surface area contributed by atoms with E-state index in [0.29, 0.717) is 5.75 Å². The standard InChI is InChI=1S/C13H14F3NO3S/c14-13(15,16)12(7-8-12)17-21(18,19)11-5-3-10(4-6-11)20-9-1-2-9/h3-6,9,17H,1-2,7-8H2. The van der Waals surface area contributed by atoms with Crippen molar-refractivity contribution in [3.8, 4) is 5.75 Å². The number of benzene rings is 1. The predicted octanol–water partition coefficient (Wildman–Crippen LogP) is 2.60. The van der Waals surface area contributed by atoms with Gasteiger partial charge in [-0.25, -0.2) is 8.42 Å². The Hall–Kier alpha value is -1.28. The Morgan fingerprint density at radius 1 is 1.14 bits per heavy atom. The SMILES string of the molecule is O=S(=O)(NC1(C(F)(F)F)CC1)c1ccc(OC2CC2)cc1. The smallest absolute Gasteiger partial charge is 0.407 e. The lowest BCUT2D eigenvalue weighted by molar-refractivity contribution is -0.160. The fourth-order valence-corrected chi connectivity index (χ4v) is 3.41. The van der Waals surface area contributed by atoms with Gasteiger partial charge in [-0.1, -0.05) is 0 Å². The quantitative estimate of drug-likeness (QED) is 0.907. The molecular formula is C13H14F3NO3S. The average molecular weight is 321 g/mol. The van der Waals surface area contributed by atoms with Crippen LogP contribution in [-0.4, -0.2) is 26.2 Å². The van der Waals surface area contributed by atoms with Gasteiger partial charge in [0.15, 0.2) is 0 Å². The first kappa shape index (κ1) is 14.6. The number of sulfonamides is 1. The van der Waals surface area contributed by atoms with Crippen molar-refractivity contribution in [2.45, 2.75) is 48.4 Å². The van der Waals surface area contributed by atoms with E-state index >= 15 is 0 Å². The third-order valence-corrected chi connectivity index (χ3v) is 5.14. The largest absolute Gasteiger partial charge is 0.490 e. The highest BCUT2D eigenvalue weighted by Gasteiger charge is 2.65. The third kappa shape index (κ3) is 3.01. The molecule has 0 aromatic heterocycles. The van der Waals surface area contributed by atoms with Gasteiger partial charge in [0.25, 0.3) is 0 Å². The molecule has 0 radical (unpaired) electrons. The van der Waals surface area contributed by atoms with E-state index < -0.39 is 21.7 Å². The van der Waals surface area contributed by atoms with Gasteiger partial charge in [0.2, 0.25) is 10.0 Å². The van der Waals surface area contributed by atoms with Crippen LogP contribution in [0.2, 0.25) is 0 Å². The predicted molar refractivity (Wildman–Crippen MR) is 68.4 cm³/mol. The molecule has 2 aliphatic rings. The molecule has 0 unspecified atom stereocenters. The number of nitrogens with one attached hydrogen (secondary N) is 1. The number of hydrogen-bond donors (Lipinski definition) is 1. The van der Waals surface area contributed by atoms with Crippen molar-refractivity contribution >= 4 is 10.0 Å². The molecule has 0 saturated heterocycles. The molecule has 2 fully saturated rings. The first-order valence-electron chi connectivity index (χ1n) is 6.59. The molecule has 0 aliphatic heterocycles. The third-order valence-electron chi connectivity index (χ3n) is 3.58. The lowest BCUT2D eigenvalue weighted by Gasteiger charge is -2.20. The summed E-state index contributed by atoms with van der Waals surface area (Å²) in [7, 11) is -4.19. The Balaban J connectivity index is 1.75. The van der Waals surface area contributed by atoms with Crippen LogP contribution in [0.15, 0.2) is 29.2 Å². The second kappa shape index (κ2) is 4.61. The van der Waals surface area contributed by atoms with Crippen molar-refractivity contribution < 1.29 is 26.3 Å². The molecule has 1 aromatic carbocycles. The summed E-state index contributed by atoms with van der Waals surface area (Å²) in [6.07, 6.45) is -2.91. The van der Waals surface area contributed by atoms with Gasteiger partial charge in [0, 0.05) is 0 Å². The summed E-state index contributed by atoms with van der Waals surface area (Å²) in [6, 6.07) is 5.43. The van der Waals surface area contributed by atoms with Crippen molar-refractivity contribution in [2.24, 2.45) is 0 Å². The first-order chi connectivity index (χ1) is 9.72. The molecule has 3 rings (SSSR count). The summed E-state index contributed by atoms with van der Waals surface area (Å²) in [5.41, 5.74) is -2.30. The van der Waals surface area contributed by atoms with Crippen LogP contribution in [0.5, 0.6) is 5.75 Å². The molecule has 2 aliphatic carbocycles. The van der Waals surface area contributed by atoms with Gasteiger partial charge in [-0.05, 0) is 49.9 Å². The highest BCUT2D eigenvalue weighted by molar-refractivity contribution is 7.89. The van der Waals surface area contributed by atoms with Crippen LogP contribution in [0, 0.1) is 0 Å². The summed E-state index contributed by atoms with van der Waals surface area (Å²) in [6.45, 7) is 0. The van der Waals surface area contributed by atoms with E-state index in [9.17, 15) is 21.6 Å². The van der Waals surface area contributed by atoms with Crippen molar-refractivity contribution in [2.75, 3.05) is 0 Å². The van der Waals surface area contributed by atoms with E-state index in [-0.39, 0.29) is 23.8 Å². The molecule has 0 spiro atoms. The topological polar surface area (TPSA) is 55.4 Å². The number of hydrogen-bond acceptors (Lipinski definition) is 3. The highest BCUT2D eigenvalue weighted by Crippen LogP contribution is 2.49. The molecule has 0 bridgehead atoms. The fraction of sp³-hybridized carbons (Fsp3) is 0.538. The fourth-order valence-electron chi connectivity index (χ4n) is 1.96. The zero-order valence-electron chi connectivity index (χ0n) is 11.0. The second-order valence-corrected chi connectivity index (χ2v) is 7.16. The van der Waals surface area contributed by atoms with Crippen LogP contribution in [0.25, 0.3) is 0 Å².